The Bertz CT molecular complexity index is 448. The van der Waals surface area contributed by atoms with Crippen molar-refractivity contribution in [3.63, 3.8) is 0 Å². The van der Waals surface area contributed by atoms with Gasteiger partial charge in [-0.1, -0.05) is 29.8 Å². The van der Waals surface area contributed by atoms with Crippen LogP contribution >= 0.6 is 0 Å². The molecule has 1 N–H and O–H groups in total. The van der Waals surface area contributed by atoms with Gasteiger partial charge >= 0.3 is 0 Å². The summed E-state index contributed by atoms with van der Waals surface area (Å²) in [5.41, 5.74) is 3.95. The second-order valence-electron chi connectivity index (χ2n) is 4.43. The summed E-state index contributed by atoms with van der Waals surface area (Å²) in [7, 11) is 1.99. The molecule has 0 fully saturated rings. The van der Waals surface area contributed by atoms with E-state index in [-0.39, 0.29) is 0 Å². The van der Waals surface area contributed by atoms with E-state index in [1.165, 1.54) is 16.7 Å². The molecule has 2 aromatic rings. The largest absolute Gasteiger partial charge is 0.472 e. The molecule has 90 valence electrons. The fourth-order valence-electron chi connectivity index (χ4n) is 2.13. The molecule has 2 heteroatoms. The van der Waals surface area contributed by atoms with E-state index in [2.05, 4.69) is 36.5 Å². The Morgan fingerprint density at radius 2 is 2.18 bits per heavy atom. The summed E-state index contributed by atoms with van der Waals surface area (Å²) in [5, 5.41) is 3.33. The zero-order valence-corrected chi connectivity index (χ0v) is 10.4. The van der Waals surface area contributed by atoms with Gasteiger partial charge in [0.15, 0.2) is 0 Å². The van der Waals surface area contributed by atoms with Gasteiger partial charge in [-0.25, -0.2) is 0 Å². The molecule has 2 nitrogen and oxygen atoms in total. The van der Waals surface area contributed by atoms with Gasteiger partial charge in [-0.3, -0.25) is 0 Å². The molecule has 1 heterocycles. The van der Waals surface area contributed by atoms with Crippen molar-refractivity contribution in [3.05, 3.63) is 59.5 Å². The molecule has 0 spiro atoms. The van der Waals surface area contributed by atoms with Gasteiger partial charge < -0.3 is 9.73 Å². The van der Waals surface area contributed by atoms with Crippen LogP contribution in [-0.2, 0) is 6.42 Å². The normalized spacial score (nSPS) is 12.6. The zero-order chi connectivity index (χ0) is 12.1. The van der Waals surface area contributed by atoms with E-state index in [1.807, 2.05) is 19.4 Å². The second kappa shape index (κ2) is 5.69. The van der Waals surface area contributed by atoms with Gasteiger partial charge in [0.25, 0.3) is 0 Å². The van der Waals surface area contributed by atoms with Crippen molar-refractivity contribution < 1.29 is 4.42 Å². The molecule has 0 saturated carbocycles. The Balaban J connectivity index is 1.97. The molecule has 1 atom stereocenters. The molecule has 1 unspecified atom stereocenters. The predicted molar refractivity (Wildman–Crippen MR) is 70.0 cm³/mol. The van der Waals surface area contributed by atoms with Gasteiger partial charge in [0, 0.05) is 11.6 Å². The smallest absolute Gasteiger partial charge is 0.0950 e. The maximum absolute atomic E-state index is 5.13. The average molecular weight is 229 g/mol. The van der Waals surface area contributed by atoms with Crippen LogP contribution in [-0.4, -0.2) is 7.05 Å². The van der Waals surface area contributed by atoms with Gasteiger partial charge in [-0.15, -0.1) is 0 Å². The summed E-state index contributed by atoms with van der Waals surface area (Å²) in [4.78, 5) is 0. The van der Waals surface area contributed by atoms with Crippen molar-refractivity contribution in [2.45, 2.75) is 25.8 Å². The molecule has 0 saturated heterocycles. The standard InChI is InChI=1S/C15H19NO/c1-12-4-3-5-13(10-12)6-7-15(16-2)14-8-9-17-11-14/h3-5,8-11,15-16H,6-7H2,1-2H3. The first kappa shape index (κ1) is 11.9. The van der Waals surface area contributed by atoms with E-state index < -0.39 is 0 Å². The lowest BCUT2D eigenvalue weighted by Gasteiger charge is -2.14. The molecule has 17 heavy (non-hydrogen) atoms. The minimum absolute atomic E-state index is 0.370. The molecule has 0 aliphatic carbocycles. The molecule has 1 aromatic carbocycles. The van der Waals surface area contributed by atoms with E-state index >= 15 is 0 Å². The Kier molecular flexibility index (Phi) is 3.99. The summed E-state index contributed by atoms with van der Waals surface area (Å²) in [6.07, 6.45) is 5.71. The predicted octanol–water partition coefficient (Wildman–Crippen LogP) is 3.48. The number of rotatable bonds is 5. The first-order valence-electron chi connectivity index (χ1n) is 6.04. The van der Waals surface area contributed by atoms with Crippen LogP contribution < -0.4 is 5.32 Å². The lowest BCUT2D eigenvalue weighted by Crippen LogP contribution is -2.16. The molecule has 1 aromatic heterocycles. The zero-order valence-electron chi connectivity index (χ0n) is 10.4. The van der Waals surface area contributed by atoms with Crippen LogP contribution in [0.4, 0.5) is 0 Å². The molecular weight excluding hydrogens is 210 g/mol. The van der Waals surface area contributed by atoms with Crippen LogP contribution in [0.25, 0.3) is 0 Å². The Morgan fingerprint density at radius 3 is 2.82 bits per heavy atom. The third-order valence-corrected chi connectivity index (χ3v) is 3.10. The lowest BCUT2D eigenvalue weighted by atomic mass is 10.0. The van der Waals surface area contributed by atoms with Crippen LogP contribution in [0.2, 0.25) is 0 Å². The van der Waals surface area contributed by atoms with Crippen molar-refractivity contribution in [1.29, 1.82) is 0 Å². The van der Waals surface area contributed by atoms with E-state index in [0.29, 0.717) is 6.04 Å². The van der Waals surface area contributed by atoms with Gasteiger partial charge in [-0.2, -0.15) is 0 Å². The highest BCUT2D eigenvalue weighted by Crippen LogP contribution is 2.19. The van der Waals surface area contributed by atoms with Gasteiger partial charge in [0.05, 0.1) is 12.5 Å². The third kappa shape index (κ3) is 3.21. The average Bonchev–Trinajstić information content (AvgIpc) is 2.84. The van der Waals surface area contributed by atoms with E-state index in [4.69, 9.17) is 4.42 Å². The third-order valence-electron chi connectivity index (χ3n) is 3.10. The Labute approximate surface area is 103 Å². The molecule has 0 radical (unpaired) electrons. The van der Waals surface area contributed by atoms with Crippen molar-refractivity contribution in [2.24, 2.45) is 0 Å². The van der Waals surface area contributed by atoms with Crippen molar-refractivity contribution in [1.82, 2.24) is 5.32 Å². The van der Waals surface area contributed by atoms with Crippen molar-refractivity contribution in [3.8, 4) is 0 Å². The van der Waals surface area contributed by atoms with Gasteiger partial charge in [-0.05, 0) is 38.4 Å². The second-order valence-corrected chi connectivity index (χ2v) is 4.43. The molecule has 0 amide bonds. The highest BCUT2D eigenvalue weighted by atomic mass is 16.3. The van der Waals surface area contributed by atoms with Crippen molar-refractivity contribution in [2.75, 3.05) is 7.05 Å². The van der Waals surface area contributed by atoms with Crippen molar-refractivity contribution >= 4 is 0 Å². The number of hydrogen-bond donors (Lipinski definition) is 1. The fourth-order valence-corrected chi connectivity index (χ4v) is 2.13. The van der Waals surface area contributed by atoms with Crippen LogP contribution in [0.15, 0.2) is 47.3 Å². The number of hydrogen-bond acceptors (Lipinski definition) is 2. The van der Waals surface area contributed by atoms with Crippen LogP contribution in [0.1, 0.15) is 29.2 Å². The molecule has 2 rings (SSSR count). The quantitative estimate of drug-likeness (QED) is 0.849. The van der Waals surface area contributed by atoms with Crippen LogP contribution in [0.3, 0.4) is 0 Å². The monoisotopic (exact) mass is 229 g/mol. The van der Waals surface area contributed by atoms with Crippen LogP contribution in [0.5, 0.6) is 0 Å². The first-order chi connectivity index (χ1) is 8.29. The SMILES string of the molecule is CNC(CCc1cccc(C)c1)c1ccoc1. The van der Waals surface area contributed by atoms with E-state index in [0.717, 1.165) is 12.8 Å². The van der Waals surface area contributed by atoms with Gasteiger partial charge in [0.2, 0.25) is 0 Å². The van der Waals surface area contributed by atoms with Gasteiger partial charge in [0.1, 0.15) is 0 Å². The maximum Gasteiger partial charge on any atom is 0.0950 e. The first-order valence-corrected chi connectivity index (χ1v) is 6.04. The maximum atomic E-state index is 5.13. The van der Waals surface area contributed by atoms with E-state index in [9.17, 15) is 0 Å². The summed E-state index contributed by atoms with van der Waals surface area (Å²) in [6.45, 7) is 2.13. The highest BCUT2D eigenvalue weighted by molar-refractivity contribution is 5.23. The Morgan fingerprint density at radius 1 is 1.29 bits per heavy atom. The Hall–Kier alpha value is -1.54. The number of furan rings is 1. The van der Waals surface area contributed by atoms with Crippen LogP contribution in [0, 0.1) is 6.92 Å². The molecule has 0 aliphatic heterocycles. The lowest BCUT2D eigenvalue weighted by molar-refractivity contribution is 0.524. The number of benzene rings is 1. The minimum Gasteiger partial charge on any atom is -0.472 e. The minimum atomic E-state index is 0.370. The van der Waals surface area contributed by atoms with E-state index in [1.54, 1.807) is 6.26 Å². The summed E-state index contributed by atoms with van der Waals surface area (Å²) in [5.74, 6) is 0. The highest BCUT2D eigenvalue weighted by Gasteiger charge is 2.10. The molecule has 0 bridgehead atoms. The molecule has 0 aliphatic rings. The summed E-state index contributed by atoms with van der Waals surface area (Å²) < 4.78 is 5.13. The summed E-state index contributed by atoms with van der Waals surface area (Å²) >= 11 is 0. The summed E-state index contributed by atoms with van der Waals surface area (Å²) in [6, 6.07) is 11.1. The topological polar surface area (TPSA) is 25.2 Å². The fraction of sp³-hybridized carbons (Fsp3) is 0.333. The molecular formula is C15H19NO. The number of nitrogens with one attached hydrogen (secondary N) is 1. The number of aryl methyl sites for hydroxylation is 2.